The van der Waals surface area contributed by atoms with Crippen molar-refractivity contribution in [1.82, 2.24) is 4.72 Å². The summed E-state index contributed by atoms with van der Waals surface area (Å²) in [5, 5.41) is 9.42. The third-order valence-electron chi connectivity index (χ3n) is 4.28. The average Bonchev–Trinajstić information content (AvgIpc) is 2.86. The highest BCUT2D eigenvalue weighted by atomic mass is 32.2. The van der Waals surface area contributed by atoms with Gasteiger partial charge in [0.15, 0.2) is 0 Å². The van der Waals surface area contributed by atoms with Crippen LogP contribution in [0.2, 0.25) is 0 Å². The van der Waals surface area contributed by atoms with Crippen LogP contribution in [0.15, 0.2) is 47.4 Å². The van der Waals surface area contributed by atoms with E-state index >= 15 is 0 Å². The van der Waals surface area contributed by atoms with Crippen LogP contribution in [0.4, 0.5) is 5.69 Å². The third kappa shape index (κ3) is 3.83. The zero-order valence-electron chi connectivity index (χ0n) is 13.9. The minimum atomic E-state index is -3.61. The fourth-order valence-corrected chi connectivity index (χ4v) is 4.03. The molecule has 0 spiro atoms. The molecule has 3 rings (SSSR count). The third-order valence-corrected chi connectivity index (χ3v) is 5.74. The monoisotopic (exact) mass is 360 g/mol. The highest BCUT2D eigenvalue weighted by Gasteiger charge is 2.26. The number of nitrogens with zero attached hydrogens (tertiary/aromatic N) is 1. The molecule has 1 amide bonds. The Morgan fingerprint density at radius 3 is 2.76 bits per heavy atom. The SMILES string of the molecule is CN1C(=O)Cc2cc(S(=O)(=O)NCCCc3cccc(O)c3)ccc21. The lowest BCUT2D eigenvalue weighted by Gasteiger charge is -2.11. The molecule has 7 heteroatoms. The van der Waals surface area contributed by atoms with E-state index in [-0.39, 0.29) is 23.0 Å². The van der Waals surface area contributed by atoms with Crippen LogP contribution in [0.5, 0.6) is 5.75 Å². The highest BCUT2D eigenvalue weighted by molar-refractivity contribution is 7.89. The average molecular weight is 360 g/mol. The number of fused-ring (bicyclic) bond motifs is 1. The van der Waals surface area contributed by atoms with Crippen LogP contribution >= 0.6 is 0 Å². The van der Waals surface area contributed by atoms with E-state index < -0.39 is 10.0 Å². The lowest BCUT2D eigenvalue weighted by molar-refractivity contribution is -0.117. The number of rotatable bonds is 6. The number of amides is 1. The molecular weight excluding hydrogens is 340 g/mol. The molecule has 0 atom stereocenters. The van der Waals surface area contributed by atoms with E-state index in [1.807, 2.05) is 6.07 Å². The zero-order valence-corrected chi connectivity index (χ0v) is 14.7. The zero-order chi connectivity index (χ0) is 18.0. The van der Waals surface area contributed by atoms with Gasteiger partial charge in [0.05, 0.1) is 11.3 Å². The Kier molecular flexibility index (Phi) is 4.78. The van der Waals surface area contributed by atoms with Crippen LogP contribution in [0.3, 0.4) is 0 Å². The summed E-state index contributed by atoms with van der Waals surface area (Å²) in [6.07, 6.45) is 1.52. The molecule has 0 bridgehead atoms. The molecule has 2 N–H and O–H groups in total. The second kappa shape index (κ2) is 6.85. The Balaban J connectivity index is 1.61. The van der Waals surface area contributed by atoms with Crippen LogP contribution in [0.1, 0.15) is 17.5 Å². The lowest BCUT2D eigenvalue weighted by Crippen LogP contribution is -2.25. The number of sulfonamides is 1. The Morgan fingerprint density at radius 2 is 2.00 bits per heavy atom. The van der Waals surface area contributed by atoms with Gasteiger partial charge in [0, 0.05) is 19.3 Å². The molecule has 0 aliphatic carbocycles. The molecule has 6 nitrogen and oxygen atoms in total. The van der Waals surface area contributed by atoms with Gasteiger partial charge >= 0.3 is 0 Å². The van der Waals surface area contributed by atoms with Gasteiger partial charge in [-0.25, -0.2) is 13.1 Å². The highest BCUT2D eigenvalue weighted by Crippen LogP contribution is 2.29. The van der Waals surface area contributed by atoms with Gasteiger partial charge in [-0.05, 0) is 54.3 Å². The fourth-order valence-electron chi connectivity index (χ4n) is 2.91. The first kappa shape index (κ1) is 17.4. The van der Waals surface area contributed by atoms with Crippen molar-refractivity contribution in [2.45, 2.75) is 24.2 Å². The van der Waals surface area contributed by atoms with Gasteiger partial charge in [-0.3, -0.25) is 4.79 Å². The van der Waals surface area contributed by atoms with E-state index in [9.17, 15) is 18.3 Å². The number of carbonyl (C=O) groups is 1. The van der Waals surface area contributed by atoms with Gasteiger partial charge in [-0.2, -0.15) is 0 Å². The van der Waals surface area contributed by atoms with E-state index in [4.69, 9.17) is 0 Å². The van der Waals surface area contributed by atoms with Crippen molar-refractivity contribution >= 4 is 21.6 Å². The summed E-state index contributed by atoms with van der Waals surface area (Å²) in [7, 11) is -1.93. The molecule has 0 aromatic heterocycles. The number of hydrogen-bond acceptors (Lipinski definition) is 4. The van der Waals surface area contributed by atoms with Gasteiger partial charge in [-0.1, -0.05) is 12.1 Å². The maximum absolute atomic E-state index is 12.4. The van der Waals surface area contributed by atoms with Gasteiger partial charge in [-0.15, -0.1) is 0 Å². The summed E-state index contributed by atoms with van der Waals surface area (Å²) in [5.41, 5.74) is 2.45. The predicted molar refractivity (Wildman–Crippen MR) is 95.2 cm³/mol. The number of aromatic hydroxyl groups is 1. The number of nitrogens with one attached hydrogen (secondary N) is 1. The Hall–Kier alpha value is -2.38. The maximum Gasteiger partial charge on any atom is 0.240 e. The van der Waals surface area contributed by atoms with Crippen molar-refractivity contribution in [2.75, 3.05) is 18.5 Å². The quantitative estimate of drug-likeness (QED) is 0.770. The van der Waals surface area contributed by atoms with Crippen molar-refractivity contribution in [3.8, 4) is 5.75 Å². The first-order valence-electron chi connectivity index (χ1n) is 8.04. The topological polar surface area (TPSA) is 86.7 Å². The van der Waals surface area contributed by atoms with Gasteiger partial charge < -0.3 is 10.0 Å². The molecule has 0 saturated heterocycles. The summed E-state index contributed by atoms with van der Waals surface area (Å²) >= 11 is 0. The Bertz CT molecular complexity index is 909. The summed E-state index contributed by atoms with van der Waals surface area (Å²) < 4.78 is 27.4. The van der Waals surface area contributed by atoms with Crippen molar-refractivity contribution < 1.29 is 18.3 Å². The molecule has 2 aromatic rings. The minimum Gasteiger partial charge on any atom is -0.508 e. The summed E-state index contributed by atoms with van der Waals surface area (Å²) in [6, 6.07) is 11.7. The first-order valence-corrected chi connectivity index (χ1v) is 9.52. The number of phenolic OH excluding ortho intramolecular Hbond substituents is 1. The van der Waals surface area contributed by atoms with E-state index in [0.29, 0.717) is 19.4 Å². The number of hydrogen-bond donors (Lipinski definition) is 2. The first-order chi connectivity index (χ1) is 11.9. The molecule has 0 radical (unpaired) electrons. The van der Waals surface area contributed by atoms with Crippen molar-refractivity contribution in [3.05, 3.63) is 53.6 Å². The van der Waals surface area contributed by atoms with Crippen LogP contribution in [0.25, 0.3) is 0 Å². The van der Waals surface area contributed by atoms with Gasteiger partial charge in [0.2, 0.25) is 15.9 Å². The number of aryl methyl sites for hydroxylation is 1. The van der Waals surface area contributed by atoms with Crippen molar-refractivity contribution in [2.24, 2.45) is 0 Å². The van der Waals surface area contributed by atoms with E-state index in [1.54, 1.807) is 37.4 Å². The van der Waals surface area contributed by atoms with Gasteiger partial charge in [0.25, 0.3) is 0 Å². The number of carbonyl (C=O) groups excluding carboxylic acids is 1. The van der Waals surface area contributed by atoms with E-state index in [0.717, 1.165) is 16.8 Å². The maximum atomic E-state index is 12.4. The van der Waals surface area contributed by atoms with Crippen LogP contribution in [0, 0.1) is 0 Å². The van der Waals surface area contributed by atoms with Crippen LogP contribution in [-0.4, -0.2) is 33.0 Å². The normalized spacial score (nSPS) is 14.0. The standard InChI is InChI=1S/C18H20N2O4S/c1-20-17-8-7-16(11-14(17)12-18(20)22)25(23,24)19-9-3-5-13-4-2-6-15(21)10-13/h2,4,6-8,10-11,19,21H,3,5,9,12H2,1H3. The molecule has 0 unspecified atom stereocenters. The van der Waals surface area contributed by atoms with Gasteiger partial charge in [0.1, 0.15) is 5.75 Å². The molecule has 1 aliphatic heterocycles. The summed E-state index contributed by atoms with van der Waals surface area (Å²) in [4.78, 5) is 13.4. The number of anilines is 1. The second-order valence-corrected chi connectivity index (χ2v) is 7.86. The van der Waals surface area contributed by atoms with Crippen LogP contribution in [-0.2, 0) is 27.7 Å². The summed E-state index contributed by atoms with van der Waals surface area (Å²) in [5.74, 6) is 0.166. The summed E-state index contributed by atoms with van der Waals surface area (Å²) in [6.45, 7) is 0.300. The molecule has 1 heterocycles. The Labute approximate surface area is 147 Å². The minimum absolute atomic E-state index is 0.0383. The largest absolute Gasteiger partial charge is 0.508 e. The van der Waals surface area contributed by atoms with Crippen molar-refractivity contribution in [3.63, 3.8) is 0 Å². The molecule has 0 fully saturated rings. The lowest BCUT2D eigenvalue weighted by atomic mass is 10.1. The van der Waals surface area contributed by atoms with E-state index in [2.05, 4.69) is 4.72 Å². The van der Waals surface area contributed by atoms with E-state index in [1.165, 1.54) is 11.0 Å². The fraction of sp³-hybridized carbons (Fsp3) is 0.278. The molecule has 0 saturated carbocycles. The molecule has 132 valence electrons. The van der Waals surface area contributed by atoms with Crippen LogP contribution < -0.4 is 9.62 Å². The molecule has 1 aliphatic rings. The Morgan fingerprint density at radius 1 is 1.20 bits per heavy atom. The molecule has 25 heavy (non-hydrogen) atoms. The number of phenols is 1. The van der Waals surface area contributed by atoms with Crippen molar-refractivity contribution in [1.29, 1.82) is 0 Å². The predicted octanol–water partition coefficient (Wildman–Crippen LogP) is 1.82. The second-order valence-electron chi connectivity index (χ2n) is 6.09. The molecular formula is C18H20N2O4S. The number of likely N-dealkylation sites (N-methyl/N-ethyl adjacent to an activating group) is 1. The number of benzene rings is 2. The smallest absolute Gasteiger partial charge is 0.240 e. The molecule has 2 aromatic carbocycles.